The number of hydrogen-bond donors (Lipinski definition) is 6. The van der Waals surface area contributed by atoms with Gasteiger partial charge in [-0.1, -0.05) is 34.1 Å². The van der Waals surface area contributed by atoms with Crippen molar-refractivity contribution in [3.05, 3.63) is 208 Å². The Balaban J connectivity index is 0.000000182. The first-order valence-electron chi connectivity index (χ1n) is 25.6. The molecule has 11 rings (SSSR count). The summed E-state index contributed by atoms with van der Waals surface area (Å²) in [6.07, 6.45) is 8.65. The number of alkyl halides is 1. The number of nitrogens with two attached hydrogens (primary N) is 1. The number of pyridine rings is 5. The summed E-state index contributed by atoms with van der Waals surface area (Å²) < 4.78 is 47.0. The summed E-state index contributed by atoms with van der Waals surface area (Å²) in [7, 11) is 4.49. The number of carboxylic acid groups (broad SMARTS) is 2. The van der Waals surface area contributed by atoms with E-state index < -0.39 is 35.4 Å². The zero-order valence-corrected chi connectivity index (χ0v) is 47.3. The Morgan fingerprint density at radius 2 is 1.24 bits per heavy atom. The molecule has 9 aromatic heterocycles. The number of aromatic amines is 3. The molecule has 7 N–H and O–H groups in total. The fourth-order valence-corrected chi connectivity index (χ4v) is 8.97. The van der Waals surface area contributed by atoms with Crippen molar-refractivity contribution < 1.29 is 57.2 Å². The van der Waals surface area contributed by atoms with Gasteiger partial charge in [-0.25, -0.2) is 8.78 Å². The SMILES string of the molecule is COC(=O)CBr.COc1ccc2cc[nH]c2n1.COc1ccc2ccn(CC(=O)O)c2n1.NC(=O)c1cccc(-c2cccnc2[C@@H](CC(=O)Cn2ccc3ccc(=O)[nH]c32)Cc2cc(F)cc(F)c2)c1.O=C(O)Cn1ccc2ccc(=O)[nH]c21. The van der Waals surface area contributed by atoms with Gasteiger partial charge in [-0.15, -0.1) is 0 Å². The second-order valence-corrected chi connectivity index (χ2v) is 19.0. The number of hydrogen-bond acceptors (Lipinski definition) is 13. The van der Waals surface area contributed by atoms with Crippen LogP contribution in [0.5, 0.6) is 11.8 Å². The third kappa shape index (κ3) is 17.2. The molecule has 1 amide bonds. The molecule has 2 aromatic carbocycles. The molecular formula is C60H55BrF2N10O12. The molecular weight excluding hydrogens is 1170 g/mol. The van der Waals surface area contributed by atoms with Crippen molar-refractivity contribution in [2.45, 2.75) is 38.4 Å². The van der Waals surface area contributed by atoms with E-state index in [0.717, 1.165) is 33.3 Å². The van der Waals surface area contributed by atoms with Crippen LogP contribution in [0.2, 0.25) is 0 Å². The Morgan fingerprint density at radius 1 is 0.659 bits per heavy atom. The fraction of sp³-hybridized carbons (Fsp3) is 0.167. The fourth-order valence-electron chi connectivity index (χ4n) is 8.74. The Hall–Kier alpha value is -10.6. The number of esters is 1. The van der Waals surface area contributed by atoms with Gasteiger partial charge in [-0.2, -0.15) is 9.97 Å². The van der Waals surface area contributed by atoms with Crippen molar-refractivity contribution in [1.82, 2.24) is 43.6 Å². The summed E-state index contributed by atoms with van der Waals surface area (Å²) in [5.41, 5.74) is 10.1. The number of benzene rings is 2. The highest BCUT2D eigenvalue weighted by molar-refractivity contribution is 9.09. The van der Waals surface area contributed by atoms with Gasteiger partial charge in [0.2, 0.25) is 28.8 Å². The normalized spacial score (nSPS) is 10.9. The highest BCUT2D eigenvalue weighted by Gasteiger charge is 2.24. The first kappa shape index (κ1) is 62.0. The summed E-state index contributed by atoms with van der Waals surface area (Å²) in [6, 6.07) is 34.5. The van der Waals surface area contributed by atoms with Gasteiger partial charge in [0.15, 0.2) is 5.78 Å². The van der Waals surface area contributed by atoms with E-state index in [2.05, 4.69) is 50.6 Å². The third-order valence-electron chi connectivity index (χ3n) is 12.5. The predicted octanol–water partition coefficient (Wildman–Crippen LogP) is 8.42. The minimum absolute atomic E-state index is 0.00833. The summed E-state index contributed by atoms with van der Waals surface area (Å²) in [6.45, 7) is -0.260. The number of rotatable bonds is 16. The van der Waals surface area contributed by atoms with Crippen LogP contribution in [0.15, 0.2) is 168 Å². The number of ether oxygens (including phenoxy) is 3. The predicted molar refractivity (Wildman–Crippen MR) is 316 cm³/mol. The first-order valence-corrected chi connectivity index (χ1v) is 26.7. The number of halogens is 3. The minimum Gasteiger partial charge on any atom is -0.481 e. The van der Waals surface area contributed by atoms with Gasteiger partial charge in [0.05, 0.1) is 33.6 Å². The van der Waals surface area contributed by atoms with E-state index in [1.807, 2.05) is 42.6 Å². The van der Waals surface area contributed by atoms with E-state index in [0.29, 0.717) is 56.6 Å². The van der Waals surface area contributed by atoms with E-state index in [1.54, 1.807) is 102 Å². The number of carbonyl (C=O) groups is 5. The molecule has 0 radical (unpaired) electrons. The molecule has 0 spiro atoms. The number of amides is 1. The Labute approximate surface area is 489 Å². The number of ketones is 1. The number of fused-ring (bicyclic) bond motifs is 4. The standard InChI is InChI=1S/C30H24F2N4O3.C10H10N2O3.C9H8N2O3.C8H8N2O.C3H5BrO2/c31-23-12-18(13-24(32)16-23)11-22(15-25(37)17-36-10-8-19-6-7-27(38)35-30(19)36)28-26(5-2-9-34-28)20-3-1-4-21(14-20)29(33)39;1-15-8-3-2-7-4-5-12(6-9(13)14)10(7)11-8;12-7-2-1-6-3-4-11(5-8(13)14)9(6)10-7;1-11-7-3-2-6-4-5-9-8(6)10-7;1-6-3(5)2-4/h1-10,12-14,16,22H,11,15,17H2,(H2,33,39)(H,35,38);2-5H,6H2,1H3,(H,13,14);1-4H,5H2,(H,10,12)(H,13,14);2-5H,1H3,(H,9,10);2H2,1H3/t22-;;;;/m1..../s1. The number of aromatic nitrogens is 9. The molecule has 0 fully saturated rings. The van der Waals surface area contributed by atoms with Crippen molar-refractivity contribution in [3.8, 4) is 22.9 Å². The molecule has 1 atom stereocenters. The number of H-pyrrole nitrogens is 3. The van der Waals surface area contributed by atoms with Gasteiger partial charge in [-0.05, 0) is 96.4 Å². The second-order valence-electron chi connectivity index (χ2n) is 18.4. The first-order chi connectivity index (χ1) is 40.8. The van der Waals surface area contributed by atoms with Crippen LogP contribution < -0.4 is 26.3 Å². The van der Waals surface area contributed by atoms with Crippen LogP contribution in [0.4, 0.5) is 8.78 Å². The molecule has 0 aliphatic carbocycles. The van der Waals surface area contributed by atoms with Crippen LogP contribution in [-0.2, 0) is 50.0 Å². The zero-order valence-electron chi connectivity index (χ0n) is 45.7. The van der Waals surface area contributed by atoms with Crippen molar-refractivity contribution >= 4 is 89.7 Å². The number of methoxy groups -OCH3 is 3. The van der Waals surface area contributed by atoms with Gasteiger partial charge < -0.3 is 58.8 Å². The van der Waals surface area contributed by atoms with E-state index in [1.165, 1.54) is 43.1 Å². The van der Waals surface area contributed by atoms with Gasteiger partial charge in [-0.3, -0.25) is 38.5 Å². The van der Waals surface area contributed by atoms with Crippen LogP contribution in [0.25, 0.3) is 55.3 Å². The van der Waals surface area contributed by atoms with E-state index in [-0.39, 0.29) is 60.7 Å². The van der Waals surface area contributed by atoms with Crippen molar-refractivity contribution in [3.63, 3.8) is 0 Å². The highest BCUT2D eigenvalue weighted by atomic mass is 79.9. The van der Waals surface area contributed by atoms with E-state index in [4.69, 9.17) is 25.4 Å². The molecule has 9 heterocycles. The summed E-state index contributed by atoms with van der Waals surface area (Å²) in [5.74, 6) is -3.68. The van der Waals surface area contributed by atoms with Crippen LogP contribution in [0.3, 0.4) is 0 Å². The summed E-state index contributed by atoms with van der Waals surface area (Å²) in [5, 5.41) is 21.2. The minimum atomic E-state index is -0.938. The summed E-state index contributed by atoms with van der Waals surface area (Å²) >= 11 is 2.90. The summed E-state index contributed by atoms with van der Waals surface area (Å²) in [4.78, 5) is 100. The maximum atomic E-state index is 14.0. The average Bonchev–Trinajstić information content (AvgIpc) is 4.09. The van der Waals surface area contributed by atoms with Crippen LogP contribution in [0, 0.1) is 11.6 Å². The van der Waals surface area contributed by atoms with Crippen molar-refractivity contribution in [2.75, 3.05) is 26.7 Å². The quantitative estimate of drug-likeness (QED) is 0.0391. The van der Waals surface area contributed by atoms with Crippen molar-refractivity contribution in [1.29, 1.82) is 0 Å². The Bertz CT molecular complexity index is 4260. The lowest BCUT2D eigenvalue weighted by Crippen LogP contribution is -2.17. The molecule has 25 heteroatoms. The maximum absolute atomic E-state index is 14.0. The molecule has 0 unspecified atom stereocenters. The molecule has 0 saturated heterocycles. The monoisotopic (exact) mass is 1220 g/mol. The van der Waals surface area contributed by atoms with Gasteiger partial charge >= 0.3 is 17.9 Å². The van der Waals surface area contributed by atoms with Crippen molar-refractivity contribution in [2.24, 2.45) is 5.73 Å². The lowest BCUT2D eigenvalue weighted by Gasteiger charge is -2.20. The number of Topliss-reactive ketones (excluding diaryl/α,β-unsaturated/α-hetero) is 1. The average molecular weight is 1230 g/mol. The number of carboxylic acids is 2. The zero-order chi connectivity index (χ0) is 61.2. The van der Waals surface area contributed by atoms with Gasteiger partial charge in [0.1, 0.15) is 52.6 Å². The molecule has 438 valence electrons. The number of carbonyl (C=O) groups excluding carboxylic acids is 3. The molecule has 0 aliphatic heterocycles. The highest BCUT2D eigenvalue weighted by Crippen LogP contribution is 2.33. The number of primary amides is 1. The second kappa shape index (κ2) is 29.4. The molecule has 11 aromatic rings. The number of aliphatic carboxylic acids is 2. The van der Waals surface area contributed by atoms with Crippen LogP contribution >= 0.6 is 15.9 Å². The van der Waals surface area contributed by atoms with Crippen LogP contribution in [0.1, 0.15) is 34.0 Å². The van der Waals surface area contributed by atoms with E-state index in [9.17, 15) is 42.3 Å². The van der Waals surface area contributed by atoms with Gasteiger partial charge in [0, 0.05) is 106 Å². The molecule has 22 nitrogen and oxygen atoms in total. The molecule has 0 saturated carbocycles. The largest absolute Gasteiger partial charge is 0.481 e. The van der Waals surface area contributed by atoms with Crippen LogP contribution in [-0.4, -0.2) is 110 Å². The lowest BCUT2D eigenvalue weighted by atomic mass is 9.86. The number of nitrogens with one attached hydrogen (secondary N) is 3. The maximum Gasteiger partial charge on any atom is 0.323 e. The topological polar surface area (TPSA) is 314 Å². The molecule has 0 aliphatic rings. The third-order valence-corrected chi connectivity index (χ3v) is 13.0. The lowest BCUT2D eigenvalue weighted by molar-refractivity contribution is -0.138. The van der Waals surface area contributed by atoms with Gasteiger partial charge in [0.25, 0.3) is 0 Å². The Kier molecular flexibility index (Phi) is 21.5. The molecule has 0 bridgehead atoms. The number of nitrogens with zero attached hydrogens (tertiary/aromatic N) is 6. The smallest absolute Gasteiger partial charge is 0.323 e. The van der Waals surface area contributed by atoms with E-state index >= 15 is 0 Å². The Morgan fingerprint density at radius 3 is 1.82 bits per heavy atom. The molecule has 85 heavy (non-hydrogen) atoms.